The van der Waals surface area contributed by atoms with Crippen molar-refractivity contribution in [3.8, 4) is 11.4 Å². The molecule has 3 aromatic carbocycles. The second-order valence-corrected chi connectivity index (χ2v) is 7.88. The molecular weight excluding hydrogens is 448 g/mol. The highest BCUT2D eigenvalue weighted by molar-refractivity contribution is 7.99. The zero-order chi connectivity index (χ0) is 23.4. The third-order valence-electron chi connectivity index (χ3n) is 4.69. The number of carbonyl (C=O) groups excluding carboxylic acids is 1. The molecule has 0 unspecified atom stereocenters. The van der Waals surface area contributed by atoms with E-state index >= 15 is 0 Å². The van der Waals surface area contributed by atoms with Crippen LogP contribution in [-0.2, 0) is 4.79 Å². The molecule has 0 saturated carbocycles. The van der Waals surface area contributed by atoms with E-state index in [2.05, 4.69) is 10.3 Å². The monoisotopic (exact) mass is 467 g/mol. The van der Waals surface area contributed by atoms with E-state index in [1.165, 1.54) is 4.57 Å². The Labute approximate surface area is 192 Å². The van der Waals surface area contributed by atoms with Crippen LogP contribution in [-0.4, -0.2) is 27.8 Å². The summed E-state index contributed by atoms with van der Waals surface area (Å²) in [5.74, 6) is -1.61. The first-order valence-electron chi connectivity index (χ1n) is 10.1. The number of hydrogen-bond acceptors (Lipinski definition) is 5. The average molecular weight is 467 g/mol. The maximum absolute atomic E-state index is 13.8. The molecule has 9 heteroatoms. The van der Waals surface area contributed by atoms with Crippen LogP contribution in [0.2, 0.25) is 0 Å². The van der Waals surface area contributed by atoms with Gasteiger partial charge in [-0.2, -0.15) is 0 Å². The Bertz CT molecular complexity index is 1370. The summed E-state index contributed by atoms with van der Waals surface area (Å²) < 4.78 is 33.8. The Morgan fingerprint density at radius 1 is 1.09 bits per heavy atom. The summed E-state index contributed by atoms with van der Waals surface area (Å²) in [6.07, 6.45) is 0. The van der Waals surface area contributed by atoms with Crippen LogP contribution >= 0.6 is 11.8 Å². The molecule has 0 fully saturated rings. The van der Waals surface area contributed by atoms with Crippen LogP contribution in [0.15, 0.2) is 76.7 Å². The van der Waals surface area contributed by atoms with Crippen LogP contribution in [0.1, 0.15) is 6.92 Å². The maximum atomic E-state index is 13.8. The average Bonchev–Trinajstić information content (AvgIpc) is 2.81. The van der Waals surface area contributed by atoms with E-state index in [0.29, 0.717) is 40.2 Å². The number of ether oxygens (including phenoxy) is 1. The molecule has 0 bridgehead atoms. The normalized spacial score (nSPS) is 10.9. The minimum absolute atomic E-state index is 0.127. The van der Waals surface area contributed by atoms with Gasteiger partial charge in [0.25, 0.3) is 5.56 Å². The highest BCUT2D eigenvalue weighted by atomic mass is 32.2. The first kappa shape index (κ1) is 22.5. The number of para-hydroxylation sites is 1. The summed E-state index contributed by atoms with van der Waals surface area (Å²) in [5.41, 5.74) is 0.654. The first-order chi connectivity index (χ1) is 16.0. The molecule has 0 aliphatic heterocycles. The van der Waals surface area contributed by atoms with Gasteiger partial charge >= 0.3 is 0 Å². The number of benzene rings is 3. The van der Waals surface area contributed by atoms with Crippen LogP contribution in [0, 0.1) is 11.6 Å². The van der Waals surface area contributed by atoms with E-state index in [9.17, 15) is 18.4 Å². The zero-order valence-corrected chi connectivity index (χ0v) is 18.4. The fourth-order valence-electron chi connectivity index (χ4n) is 3.20. The third kappa shape index (κ3) is 5.04. The second-order valence-electron chi connectivity index (χ2n) is 6.94. The van der Waals surface area contributed by atoms with Gasteiger partial charge in [0.1, 0.15) is 17.4 Å². The van der Waals surface area contributed by atoms with Crippen molar-refractivity contribution in [2.75, 3.05) is 17.7 Å². The van der Waals surface area contributed by atoms with Gasteiger partial charge in [0.05, 0.1) is 34.6 Å². The largest absolute Gasteiger partial charge is 0.494 e. The molecule has 4 rings (SSSR count). The van der Waals surface area contributed by atoms with E-state index in [4.69, 9.17) is 4.74 Å². The predicted octanol–water partition coefficient (Wildman–Crippen LogP) is 4.79. The Hall–Kier alpha value is -3.72. The topological polar surface area (TPSA) is 73.2 Å². The predicted molar refractivity (Wildman–Crippen MR) is 124 cm³/mol. The van der Waals surface area contributed by atoms with Crippen molar-refractivity contribution < 1.29 is 18.3 Å². The molecule has 4 aromatic rings. The van der Waals surface area contributed by atoms with Gasteiger partial charge in [-0.05, 0) is 55.5 Å². The van der Waals surface area contributed by atoms with E-state index in [1.807, 2.05) is 6.92 Å². The van der Waals surface area contributed by atoms with E-state index in [-0.39, 0.29) is 17.0 Å². The number of carbonyl (C=O) groups is 1. The van der Waals surface area contributed by atoms with Crippen LogP contribution in [0.25, 0.3) is 16.6 Å². The summed E-state index contributed by atoms with van der Waals surface area (Å²) in [5, 5.41) is 3.15. The molecule has 1 heterocycles. The summed E-state index contributed by atoms with van der Waals surface area (Å²) >= 11 is 1.03. The number of hydrogen-bond donors (Lipinski definition) is 1. The van der Waals surface area contributed by atoms with Crippen LogP contribution in [0.5, 0.6) is 5.75 Å². The molecule has 0 aliphatic carbocycles. The molecule has 1 N–H and O–H groups in total. The standard InChI is InChI=1S/C24H19F2N3O3S/c1-2-32-17-10-8-16(9-11-17)29-23(31)18-5-3-4-6-20(18)28-24(29)33-14-22(30)27-21-12-7-15(25)13-19(21)26/h3-13H,2,14H2,1H3,(H,27,30). The lowest BCUT2D eigenvalue weighted by atomic mass is 10.2. The fourth-order valence-corrected chi connectivity index (χ4v) is 4.01. The highest BCUT2D eigenvalue weighted by Gasteiger charge is 2.16. The van der Waals surface area contributed by atoms with Gasteiger partial charge < -0.3 is 10.1 Å². The van der Waals surface area contributed by atoms with E-state index in [1.54, 1.807) is 48.5 Å². The summed E-state index contributed by atoms with van der Waals surface area (Å²) in [4.78, 5) is 30.2. The molecule has 0 radical (unpaired) electrons. The lowest BCUT2D eigenvalue weighted by molar-refractivity contribution is -0.113. The number of halogens is 2. The number of amides is 1. The number of nitrogens with zero attached hydrogens (tertiary/aromatic N) is 2. The Kier molecular flexibility index (Phi) is 6.69. The van der Waals surface area contributed by atoms with Crippen molar-refractivity contribution in [1.82, 2.24) is 9.55 Å². The van der Waals surface area contributed by atoms with Crippen LogP contribution in [0.3, 0.4) is 0 Å². The summed E-state index contributed by atoms with van der Waals surface area (Å²) in [7, 11) is 0. The van der Waals surface area contributed by atoms with Crippen molar-refractivity contribution in [3.05, 3.63) is 88.7 Å². The number of fused-ring (bicyclic) bond motifs is 1. The number of anilines is 1. The van der Waals surface area contributed by atoms with Gasteiger partial charge in [0, 0.05) is 6.07 Å². The SMILES string of the molecule is CCOc1ccc(-n2c(SCC(=O)Nc3ccc(F)cc3F)nc3ccccc3c2=O)cc1. The molecule has 0 aliphatic rings. The second kappa shape index (κ2) is 9.83. The van der Waals surface area contributed by atoms with Gasteiger partial charge in [-0.25, -0.2) is 13.8 Å². The van der Waals surface area contributed by atoms with Crippen LogP contribution < -0.4 is 15.6 Å². The lowest BCUT2D eigenvalue weighted by Gasteiger charge is -2.14. The van der Waals surface area contributed by atoms with Gasteiger partial charge in [0.2, 0.25) is 5.91 Å². The number of thioether (sulfide) groups is 1. The van der Waals surface area contributed by atoms with Crippen molar-refractivity contribution in [1.29, 1.82) is 0 Å². The van der Waals surface area contributed by atoms with Gasteiger partial charge in [-0.3, -0.25) is 14.2 Å². The smallest absolute Gasteiger partial charge is 0.266 e. The molecule has 33 heavy (non-hydrogen) atoms. The van der Waals surface area contributed by atoms with Crippen LogP contribution in [0.4, 0.5) is 14.5 Å². The van der Waals surface area contributed by atoms with Crippen molar-refractivity contribution in [2.24, 2.45) is 0 Å². The molecule has 1 amide bonds. The number of aromatic nitrogens is 2. The Balaban J connectivity index is 1.65. The first-order valence-corrected chi connectivity index (χ1v) is 11.1. The highest BCUT2D eigenvalue weighted by Crippen LogP contribution is 2.23. The molecule has 0 atom stereocenters. The maximum Gasteiger partial charge on any atom is 0.266 e. The quantitative estimate of drug-likeness (QED) is 0.312. The molecule has 168 valence electrons. The Morgan fingerprint density at radius 3 is 2.58 bits per heavy atom. The minimum atomic E-state index is -0.872. The number of nitrogens with one attached hydrogen (secondary N) is 1. The molecule has 0 saturated heterocycles. The van der Waals surface area contributed by atoms with Gasteiger partial charge in [0.15, 0.2) is 5.16 Å². The fraction of sp³-hybridized carbons (Fsp3) is 0.125. The molecule has 0 spiro atoms. The van der Waals surface area contributed by atoms with Crippen molar-refractivity contribution in [3.63, 3.8) is 0 Å². The molecule has 6 nitrogen and oxygen atoms in total. The minimum Gasteiger partial charge on any atom is -0.494 e. The Morgan fingerprint density at radius 2 is 1.85 bits per heavy atom. The van der Waals surface area contributed by atoms with Gasteiger partial charge in [-0.1, -0.05) is 23.9 Å². The zero-order valence-electron chi connectivity index (χ0n) is 17.5. The van der Waals surface area contributed by atoms with E-state index in [0.717, 1.165) is 23.9 Å². The lowest BCUT2D eigenvalue weighted by Crippen LogP contribution is -2.23. The molecular formula is C24H19F2N3O3S. The number of rotatable bonds is 7. The van der Waals surface area contributed by atoms with Gasteiger partial charge in [-0.15, -0.1) is 0 Å². The molecule has 1 aromatic heterocycles. The third-order valence-corrected chi connectivity index (χ3v) is 5.63. The van der Waals surface area contributed by atoms with Crippen molar-refractivity contribution in [2.45, 2.75) is 12.1 Å². The summed E-state index contributed by atoms with van der Waals surface area (Å²) in [6.45, 7) is 2.39. The van der Waals surface area contributed by atoms with E-state index < -0.39 is 17.5 Å². The summed E-state index contributed by atoms with van der Waals surface area (Å²) in [6, 6.07) is 16.8. The van der Waals surface area contributed by atoms with Crippen molar-refractivity contribution >= 4 is 34.3 Å².